The van der Waals surface area contributed by atoms with Crippen molar-refractivity contribution in [2.45, 2.75) is 0 Å². The molecule has 2 N–H and O–H groups in total. The average molecular weight is 283 g/mol. The van der Waals surface area contributed by atoms with Crippen molar-refractivity contribution in [2.75, 3.05) is 40.0 Å². The Morgan fingerprint density at radius 3 is 2.89 bits per heavy atom. The number of nitrogens with zero attached hydrogens (tertiary/aromatic N) is 1. The lowest BCUT2D eigenvalue weighted by Crippen LogP contribution is -2.36. The Hall–Kier alpha value is -1.39. The lowest BCUT2D eigenvalue weighted by atomic mass is 10.2. The van der Waals surface area contributed by atoms with E-state index in [2.05, 4.69) is 11.8 Å². The highest BCUT2D eigenvalue weighted by Gasteiger charge is 2.19. The molecule has 5 nitrogen and oxygen atoms in total. The van der Waals surface area contributed by atoms with Gasteiger partial charge in [0.25, 0.3) is 5.91 Å². The van der Waals surface area contributed by atoms with Gasteiger partial charge in [0.15, 0.2) is 0 Å². The minimum atomic E-state index is -0.243. The van der Waals surface area contributed by atoms with Gasteiger partial charge in [-0.2, -0.15) is 0 Å². The van der Waals surface area contributed by atoms with Gasteiger partial charge in [-0.3, -0.25) is 4.79 Å². The molecule has 0 unspecified atom stereocenters. The molecule has 1 amide bonds. The Bertz CT molecular complexity index is 461. The minimum absolute atomic E-state index is 0.0987. The molecular weight excluding hydrogens is 266 g/mol. The van der Waals surface area contributed by atoms with Crippen LogP contribution in [0.5, 0.6) is 0 Å². The summed E-state index contributed by atoms with van der Waals surface area (Å²) in [4.78, 5) is 14.4. The van der Waals surface area contributed by atoms with E-state index in [0.29, 0.717) is 23.6 Å². The second-order valence-electron chi connectivity index (χ2n) is 3.63. The van der Waals surface area contributed by atoms with E-state index in [1.165, 1.54) is 16.2 Å². The molecule has 19 heavy (non-hydrogen) atoms. The first-order valence-corrected chi connectivity index (χ1v) is 6.68. The van der Waals surface area contributed by atoms with Crippen molar-refractivity contribution in [3.63, 3.8) is 0 Å². The standard InChI is InChI=1S/C13H17NO4S/c1-18-9-6-14(5-8-16)13(17)12-11(3-2-7-15)4-10-19-12/h4,10,15-16H,5-9H2,1H3. The quantitative estimate of drug-likeness (QED) is 0.730. The molecule has 6 heteroatoms. The number of carbonyl (C=O) groups is 1. The molecule has 0 aliphatic rings. The molecule has 0 aliphatic carbocycles. The Labute approximate surface area is 116 Å². The predicted molar refractivity (Wildman–Crippen MR) is 73.1 cm³/mol. The van der Waals surface area contributed by atoms with Crippen LogP contribution in [0.2, 0.25) is 0 Å². The lowest BCUT2D eigenvalue weighted by molar-refractivity contribution is 0.0661. The van der Waals surface area contributed by atoms with Gasteiger partial charge in [0.05, 0.1) is 13.2 Å². The summed E-state index contributed by atoms with van der Waals surface area (Å²) in [7, 11) is 1.56. The van der Waals surface area contributed by atoms with E-state index in [9.17, 15) is 4.79 Å². The Morgan fingerprint density at radius 1 is 1.47 bits per heavy atom. The average Bonchev–Trinajstić information content (AvgIpc) is 2.88. The molecule has 104 valence electrons. The second kappa shape index (κ2) is 8.67. The summed E-state index contributed by atoms with van der Waals surface area (Å²) < 4.78 is 4.95. The zero-order valence-electron chi connectivity index (χ0n) is 10.8. The van der Waals surface area contributed by atoms with Crippen LogP contribution in [-0.4, -0.2) is 61.0 Å². The molecular formula is C13H17NO4S. The predicted octanol–water partition coefficient (Wildman–Crippen LogP) is 0.173. The molecule has 1 heterocycles. The first-order chi connectivity index (χ1) is 9.24. The van der Waals surface area contributed by atoms with Crippen molar-refractivity contribution in [3.8, 4) is 11.8 Å². The van der Waals surface area contributed by atoms with Gasteiger partial charge in [0.1, 0.15) is 11.5 Å². The molecule has 1 aromatic heterocycles. The molecule has 1 aromatic rings. The molecule has 1 rings (SSSR count). The minimum Gasteiger partial charge on any atom is -0.395 e. The highest BCUT2D eigenvalue weighted by Crippen LogP contribution is 2.18. The number of amides is 1. The van der Waals surface area contributed by atoms with Crippen LogP contribution in [0.3, 0.4) is 0 Å². The van der Waals surface area contributed by atoms with E-state index in [-0.39, 0.29) is 25.7 Å². The van der Waals surface area contributed by atoms with Gasteiger partial charge < -0.3 is 19.8 Å². The molecule has 0 fully saturated rings. The highest BCUT2D eigenvalue weighted by molar-refractivity contribution is 7.12. The van der Waals surface area contributed by atoms with E-state index in [1.54, 1.807) is 18.6 Å². The fourth-order valence-electron chi connectivity index (χ4n) is 1.49. The van der Waals surface area contributed by atoms with Crippen LogP contribution in [-0.2, 0) is 4.74 Å². The van der Waals surface area contributed by atoms with Crippen LogP contribution >= 0.6 is 11.3 Å². The summed E-state index contributed by atoms with van der Waals surface area (Å²) in [5.41, 5.74) is 0.601. The highest BCUT2D eigenvalue weighted by atomic mass is 32.1. The number of aliphatic hydroxyl groups excluding tert-OH is 2. The van der Waals surface area contributed by atoms with E-state index < -0.39 is 0 Å². The van der Waals surface area contributed by atoms with Gasteiger partial charge in [-0.15, -0.1) is 11.3 Å². The summed E-state index contributed by atoms with van der Waals surface area (Å²) in [6.07, 6.45) is 0. The van der Waals surface area contributed by atoms with Gasteiger partial charge in [-0.1, -0.05) is 11.8 Å². The monoisotopic (exact) mass is 283 g/mol. The van der Waals surface area contributed by atoms with Crippen molar-refractivity contribution < 1.29 is 19.7 Å². The van der Waals surface area contributed by atoms with Gasteiger partial charge in [-0.25, -0.2) is 0 Å². The number of carbonyl (C=O) groups excluding carboxylic acids is 1. The van der Waals surface area contributed by atoms with Crippen LogP contribution in [0.1, 0.15) is 15.2 Å². The number of hydrogen-bond acceptors (Lipinski definition) is 5. The maximum absolute atomic E-state index is 12.3. The van der Waals surface area contributed by atoms with Crippen LogP contribution in [0, 0.1) is 11.8 Å². The maximum atomic E-state index is 12.3. The van der Waals surface area contributed by atoms with Crippen LogP contribution in [0.15, 0.2) is 11.4 Å². The van der Waals surface area contributed by atoms with Gasteiger partial charge in [-0.05, 0) is 11.4 Å². The zero-order chi connectivity index (χ0) is 14.1. The van der Waals surface area contributed by atoms with Gasteiger partial charge in [0.2, 0.25) is 0 Å². The molecule has 0 spiro atoms. The van der Waals surface area contributed by atoms with Crippen LogP contribution in [0.25, 0.3) is 0 Å². The van der Waals surface area contributed by atoms with Crippen molar-refractivity contribution in [1.29, 1.82) is 0 Å². The number of rotatable bonds is 6. The van der Waals surface area contributed by atoms with Crippen molar-refractivity contribution in [1.82, 2.24) is 4.90 Å². The molecule has 0 radical (unpaired) electrons. The van der Waals surface area contributed by atoms with Gasteiger partial charge >= 0.3 is 0 Å². The summed E-state index contributed by atoms with van der Waals surface area (Å²) in [5, 5.41) is 19.5. The van der Waals surface area contributed by atoms with E-state index in [0.717, 1.165) is 0 Å². The number of ether oxygens (including phenoxy) is 1. The van der Waals surface area contributed by atoms with Crippen LogP contribution < -0.4 is 0 Å². The number of hydrogen-bond donors (Lipinski definition) is 2. The molecule has 0 aliphatic heterocycles. The third-order valence-corrected chi connectivity index (χ3v) is 3.29. The Morgan fingerprint density at radius 2 is 2.26 bits per heavy atom. The molecule has 0 bridgehead atoms. The molecule has 0 saturated heterocycles. The van der Waals surface area contributed by atoms with E-state index in [1.807, 2.05) is 0 Å². The molecule has 0 saturated carbocycles. The number of methoxy groups -OCH3 is 1. The van der Waals surface area contributed by atoms with Crippen LogP contribution in [0.4, 0.5) is 0 Å². The van der Waals surface area contributed by atoms with E-state index in [4.69, 9.17) is 14.9 Å². The molecule has 0 atom stereocenters. The fourth-order valence-corrected chi connectivity index (χ4v) is 2.30. The summed E-state index contributed by atoms with van der Waals surface area (Å²) in [5.74, 6) is 5.10. The number of thiophene rings is 1. The third kappa shape index (κ3) is 4.65. The normalized spacial score (nSPS) is 9.84. The summed E-state index contributed by atoms with van der Waals surface area (Å²) in [6, 6.07) is 1.74. The topological polar surface area (TPSA) is 70.0 Å². The summed E-state index contributed by atoms with van der Waals surface area (Å²) in [6.45, 7) is 0.744. The fraction of sp³-hybridized carbons (Fsp3) is 0.462. The van der Waals surface area contributed by atoms with Crippen molar-refractivity contribution in [2.24, 2.45) is 0 Å². The summed E-state index contributed by atoms with van der Waals surface area (Å²) >= 11 is 1.30. The second-order valence-corrected chi connectivity index (χ2v) is 4.55. The largest absolute Gasteiger partial charge is 0.395 e. The lowest BCUT2D eigenvalue weighted by Gasteiger charge is -2.20. The van der Waals surface area contributed by atoms with Crippen molar-refractivity contribution in [3.05, 3.63) is 21.9 Å². The first kappa shape index (κ1) is 15.7. The Balaban J connectivity index is 2.86. The SMILES string of the molecule is COCCN(CCO)C(=O)c1sccc1C#CCO. The molecule has 0 aromatic carbocycles. The van der Waals surface area contributed by atoms with Gasteiger partial charge in [0, 0.05) is 25.8 Å². The Kier molecular flexibility index (Phi) is 7.15. The zero-order valence-corrected chi connectivity index (χ0v) is 11.6. The number of aliphatic hydroxyl groups is 2. The van der Waals surface area contributed by atoms with E-state index >= 15 is 0 Å². The van der Waals surface area contributed by atoms with Crippen molar-refractivity contribution >= 4 is 17.2 Å². The first-order valence-electron chi connectivity index (χ1n) is 5.80. The maximum Gasteiger partial charge on any atom is 0.265 e. The smallest absolute Gasteiger partial charge is 0.265 e. The third-order valence-electron chi connectivity index (χ3n) is 2.38.